The summed E-state index contributed by atoms with van der Waals surface area (Å²) in [5.41, 5.74) is 5.55. The van der Waals surface area contributed by atoms with Crippen LogP contribution in [0.5, 0.6) is 5.75 Å². The van der Waals surface area contributed by atoms with Crippen LogP contribution >= 0.6 is 0 Å². The van der Waals surface area contributed by atoms with E-state index in [4.69, 9.17) is 10.9 Å². The Balaban J connectivity index is 2.66. The van der Waals surface area contributed by atoms with E-state index in [0.29, 0.717) is 5.69 Å². The number of alkyl halides is 3. The third-order valence-electron chi connectivity index (χ3n) is 1.67. The van der Waals surface area contributed by atoms with Crippen LogP contribution in [0, 0.1) is 0 Å². The van der Waals surface area contributed by atoms with Crippen LogP contribution in [0.25, 0.3) is 0 Å². The smallest absolute Gasteiger partial charge is 0.409 e. The molecule has 0 spiro atoms. The number of halogens is 3. The molecule has 0 unspecified atom stereocenters. The summed E-state index contributed by atoms with van der Waals surface area (Å²) in [6, 6.07) is 5.23. The second-order valence-electron chi connectivity index (χ2n) is 3.02. The molecule has 5 nitrogen and oxygen atoms in total. The SMILES string of the molecule is NC(CNc1cccc(OC(F)(F)F)c1)=NO. The maximum absolute atomic E-state index is 11.9. The number of benzene rings is 1. The quantitative estimate of drug-likeness (QED) is 0.328. The van der Waals surface area contributed by atoms with Gasteiger partial charge in [-0.25, -0.2) is 0 Å². The normalized spacial score (nSPS) is 12.3. The third kappa shape index (κ3) is 4.96. The second-order valence-corrected chi connectivity index (χ2v) is 3.02. The fourth-order valence-corrected chi connectivity index (χ4v) is 1.03. The number of nitrogens with two attached hydrogens (primary N) is 1. The number of anilines is 1. The summed E-state index contributed by atoms with van der Waals surface area (Å²) in [6.07, 6.45) is -4.73. The average molecular weight is 249 g/mol. The Bertz CT molecular complexity index is 407. The van der Waals surface area contributed by atoms with Gasteiger partial charge in [-0.3, -0.25) is 0 Å². The highest BCUT2D eigenvalue weighted by atomic mass is 19.4. The molecule has 1 aromatic rings. The number of nitrogens with one attached hydrogen (secondary N) is 1. The molecule has 0 saturated carbocycles. The molecule has 0 radical (unpaired) electrons. The zero-order valence-corrected chi connectivity index (χ0v) is 8.53. The fraction of sp³-hybridized carbons (Fsp3) is 0.222. The number of rotatable bonds is 4. The van der Waals surface area contributed by atoms with Crippen LogP contribution in [0.15, 0.2) is 29.4 Å². The minimum atomic E-state index is -4.73. The molecular formula is C9H10F3N3O2. The zero-order valence-electron chi connectivity index (χ0n) is 8.53. The second kappa shape index (κ2) is 5.28. The third-order valence-corrected chi connectivity index (χ3v) is 1.67. The van der Waals surface area contributed by atoms with Crippen LogP contribution in [0.2, 0.25) is 0 Å². The molecule has 1 aromatic carbocycles. The van der Waals surface area contributed by atoms with Crippen molar-refractivity contribution in [2.75, 3.05) is 11.9 Å². The lowest BCUT2D eigenvalue weighted by Gasteiger charge is -2.10. The van der Waals surface area contributed by atoms with Gasteiger partial charge in [-0.1, -0.05) is 11.2 Å². The minimum absolute atomic E-state index is 0.00592. The molecule has 0 fully saturated rings. The van der Waals surface area contributed by atoms with Gasteiger partial charge in [0.2, 0.25) is 0 Å². The molecule has 0 amide bonds. The summed E-state index contributed by atoms with van der Waals surface area (Å²) in [5.74, 6) is -0.436. The summed E-state index contributed by atoms with van der Waals surface area (Å²) in [7, 11) is 0. The molecule has 0 saturated heterocycles. The molecule has 0 bridgehead atoms. The lowest BCUT2D eigenvalue weighted by atomic mass is 10.3. The molecule has 0 aliphatic rings. The molecule has 0 heterocycles. The van der Waals surface area contributed by atoms with Crippen molar-refractivity contribution in [3.05, 3.63) is 24.3 Å². The largest absolute Gasteiger partial charge is 0.573 e. The van der Waals surface area contributed by atoms with Gasteiger partial charge in [0.15, 0.2) is 5.84 Å². The highest BCUT2D eigenvalue weighted by Gasteiger charge is 2.31. The summed E-state index contributed by atoms with van der Waals surface area (Å²) < 4.78 is 39.5. The topological polar surface area (TPSA) is 79.9 Å². The number of nitrogens with zero attached hydrogens (tertiary/aromatic N) is 1. The molecule has 94 valence electrons. The van der Waals surface area contributed by atoms with Gasteiger partial charge in [-0.05, 0) is 12.1 Å². The van der Waals surface area contributed by atoms with Gasteiger partial charge in [0.25, 0.3) is 0 Å². The summed E-state index contributed by atoms with van der Waals surface area (Å²) in [5, 5.41) is 13.6. The van der Waals surface area contributed by atoms with Crippen LogP contribution in [0.3, 0.4) is 0 Å². The van der Waals surface area contributed by atoms with E-state index >= 15 is 0 Å². The predicted octanol–water partition coefficient (Wildman–Crippen LogP) is 1.74. The Labute approximate surface area is 94.7 Å². The molecule has 1 rings (SSSR count). The van der Waals surface area contributed by atoms with Crippen molar-refractivity contribution in [3.8, 4) is 5.75 Å². The zero-order chi connectivity index (χ0) is 12.9. The van der Waals surface area contributed by atoms with Crippen LogP contribution in [0.1, 0.15) is 0 Å². The monoisotopic (exact) mass is 249 g/mol. The fourth-order valence-electron chi connectivity index (χ4n) is 1.03. The Morgan fingerprint density at radius 3 is 2.76 bits per heavy atom. The average Bonchev–Trinajstić information content (AvgIpc) is 2.24. The number of hydrogen-bond donors (Lipinski definition) is 3. The molecular weight excluding hydrogens is 239 g/mol. The van der Waals surface area contributed by atoms with Gasteiger partial charge >= 0.3 is 6.36 Å². The van der Waals surface area contributed by atoms with Crippen molar-refractivity contribution >= 4 is 11.5 Å². The standard InChI is InChI=1S/C9H10F3N3O2/c10-9(11,12)17-7-3-1-2-6(4-7)14-5-8(13)15-16/h1-4,14,16H,5H2,(H2,13,15). The predicted molar refractivity (Wildman–Crippen MR) is 55.0 cm³/mol. The first-order valence-corrected chi connectivity index (χ1v) is 4.47. The van der Waals surface area contributed by atoms with Crippen molar-refractivity contribution in [3.63, 3.8) is 0 Å². The molecule has 8 heteroatoms. The summed E-state index contributed by atoms with van der Waals surface area (Å²) in [4.78, 5) is 0. The van der Waals surface area contributed by atoms with Crippen molar-refractivity contribution in [1.29, 1.82) is 0 Å². The minimum Gasteiger partial charge on any atom is -0.409 e. The van der Waals surface area contributed by atoms with Crippen LogP contribution in [0.4, 0.5) is 18.9 Å². The van der Waals surface area contributed by atoms with E-state index in [1.165, 1.54) is 18.2 Å². The lowest BCUT2D eigenvalue weighted by Crippen LogP contribution is -2.22. The molecule has 0 aliphatic carbocycles. The van der Waals surface area contributed by atoms with Gasteiger partial charge in [0.05, 0.1) is 6.54 Å². The first-order valence-electron chi connectivity index (χ1n) is 4.47. The Kier molecular flexibility index (Phi) is 4.02. The van der Waals surface area contributed by atoms with Crippen molar-refractivity contribution in [2.45, 2.75) is 6.36 Å². The Hall–Kier alpha value is -2.12. The van der Waals surface area contributed by atoms with Crippen LogP contribution in [-0.4, -0.2) is 23.9 Å². The highest BCUT2D eigenvalue weighted by molar-refractivity contribution is 5.84. The van der Waals surface area contributed by atoms with E-state index < -0.39 is 6.36 Å². The molecule has 0 atom stereocenters. The Morgan fingerprint density at radius 2 is 2.18 bits per heavy atom. The number of oxime groups is 1. The maximum Gasteiger partial charge on any atom is 0.573 e. The van der Waals surface area contributed by atoms with E-state index in [2.05, 4.69) is 15.2 Å². The van der Waals surface area contributed by atoms with Gasteiger partial charge in [0, 0.05) is 11.8 Å². The maximum atomic E-state index is 11.9. The first kappa shape index (κ1) is 12.9. The summed E-state index contributed by atoms with van der Waals surface area (Å²) in [6.45, 7) is 0.00592. The van der Waals surface area contributed by atoms with Crippen LogP contribution in [-0.2, 0) is 0 Å². The number of hydrogen-bond acceptors (Lipinski definition) is 4. The van der Waals surface area contributed by atoms with E-state index in [9.17, 15) is 13.2 Å². The molecule has 4 N–H and O–H groups in total. The van der Waals surface area contributed by atoms with Gasteiger partial charge in [0.1, 0.15) is 5.75 Å². The van der Waals surface area contributed by atoms with Crippen molar-refractivity contribution in [2.24, 2.45) is 10.9 Å². The van der Waals surface area contributed by atoms with Crippen molar-refractivity contribution in [1.82, 2.24) is 0 Å². The summed E-state index contributed by atoms with van der Waals surface area (Å²) >= 11 is 0. The molecule has 17 heavy (non-hydrogen) atoms. The van der Waals surface area contributed by atoms with E-state index in [1.54, 1.807) is 0 Å². The number of ether oxygens (including phenoxy) is 1. The first-order chi connectivity index (χ1) is 7.90. The molecule has 0 aliphatic heterocycles. The van der Waals surface area contributed by atoms with Gasteiger partial charge in [-0.15, -0.1) is 13.2 Å². The van der Waals surface area contributed by atoms with E-state index in [-0.39, 0.29) is 18.1 Å². The van der Waals surface area contributed by atoms with E-state index in [1.807, 2.05) is 0 Å². The number of amidine groups is 1. The Morgan fingerprint density at radius 1 is 1.47 bits per heavy atom. The van der Waals surface area contributed by atoms with E-state index in [0.717, 1.165) is 6.07 Å². The van der Waals surface area contributed by atoms with Gasteiger partial charge < -0.3 is 21.0 Å². The van der Waals surface area contributed by atoms with Crippen LogP contribution < -0.4 is 15.8 Å². The highest BCUT2D eigenvalue weighted by Crippen LogP contribution is 2.24. The lowest BCUT2D eigenvalue weighted by molar-refractivity contribution is -0.274. The molecule has 0 aromatic heterocycles. The van der Waals surface area contributed by atoms with Crippen molar-refractivity contribution < 1.29 is 23.1 Å². The van der Waals surface area contributed by atoms with Gasteiger partial charge in [-0.2, -0.15) is 0 Å².